The number of amides is 3. The lowest BCUT2D eigenvalue weighted by atomic mass is 10.1. The van der Waals surface area contributed by atoms with E-state index in [2.05, 4.69) is 5.32 Å². The van der Waals surface area contributed by atoms with Gasteiger partial charge in [0.25, 0.3) is 5.91 Å². The summed E-state index contributed by atoms with van der Waals surface area (Å²) in [5.74, 6) is -0.997. The Kier molecular flexibility index (Phi) is 4.46. The number of carbonyl (C=O) groups is 3. The van der Waals surface area contributed by atoms with Crippen molar-refractivity contribution in [2.45, 2.75) is 25.5 Å². The molecule has 22 heavy (non-hydrogen) atoms. The van der Waals surface area contributed by atoms with Gasteiger partial charge >= 0.3 is 12.0 Å². The molecule has 1 aliphatic heterocycles. The number of carbonyl (C=O) groups excluding carboxylic acids is 3. The van der Waals surface area contributed by atoms with Crippen molar-refractivity contribution in [3.05, 3.63) is 35.9 Å². The molecule has 7 heteroatoms. The fraction of sp³-hybridized carbons (Fsp3) is 0.400. The van der Waals surface area contributed by atoms with E-state index in [-0.39, 0.29) is 13.2 Å². The average molecular weight is 306 g/mol. The van der Waals surface area contributed by atoms with Gasteiger partial charge in [0.15, 0.2) is 0 Å². The Morgan fingerprint density at radius 1 is 1.32 bits per heavy atom. The van der Waals surface area contributed by atoms with Crippen LogP contribution in [0.2, 0.25) is 0 Å². The van der Waals surface area contributed by atoms with Gasteiger partial charge in [-0.15, -0.1) is 0 Å². The van der Waals surface area contributed by atoms with Gasteiger partial charge in [-0.1, -0.05) is 18.2 Å². The molecule has 1 unspecified atom stereocenters. The summed E-state index contributed by atoms with van der Waals surface area (Å²) in [6.45, 7) is 2.63. The van der Waals surface area contributed by atoms with E-state index < -0.39 is 29.6 Å². The highest BCUT2D eigenvalue weighted by Gasteiger charge is 2.44. The zero-order chi connectivity index (χ0) is 16.3. The number of nitrogens with one attached hydrogen (secondary N) is 1. The van der Waals surface area contributed by atoms with Crippen LogP contribution >= 0.6 is 0 Å². The first kappa shape index (κ1) is 16.0. The van der Waals surface area contributed by atoms with Crippen LogP contribution in [-0.2, 0) is 9.53 Å². The molecule has 0 bridgehead atoms. The van der Waals surface area contributed by atoms with Crippen LogP contribution in [0.15, 0.2) is 30.3 Å². The molecule has 1 aromatic rings. The zero-order valence-corrected chi connectivity index (χ0v) is 12.4. The molecule has 1 aliphatic rings. The van der Waals surface area contributed by atoms with Gasteiger partial charge in [-0.3, -0.25) is 9.69 Å². The van der Waals surface area contributed by atoms with Crippen molar-refractivity contribution in [3.63, 3.8) is 0 Å². The maximum Gasteiger partial charge on any atom is 0.338 e. The van der Waals surface area contributed by atoms with Crippen molar-refractivity contribution in [1.29, 1.82) is 0 Å². The van der Waals surface area contributed by atoms with Crippen molar-refractivity contribution >= 4 is 17.9 Å². The third kappa shape index (κ3) is 3.43. The quantitative estimate of drug-likeness (QED) is 0.611. The molecule has 2 N–H and O–H groups in total. The molecular weight excluding hydrogens is 288 g/mol. The molecule has 2 rings (SSSR count). The van der Waals surface area contributed by atoms with Crippen LogP contribution in [0.5, 0.6) is 0 Å². The minimum atomic E-state index is -1.14. The zero-order valence-electron chi connectivity index (χ0n) is 12.4. The van der Waals surface area contributed by atoms with Crippen molar-refractivity contribution < 1.29 is 24.2 Å². The van der Waals surface area contributed by atoms with Crippen LogP contribution in [0, 0.1) is 0 Å². The summed E-state index contributed by atoms with van der Waals surface area (Å²) in [7, 11) is 0. The minimum absolute atomic E-state index is 0.226. The van der Waals surface area contributed by atoms with E-state index in [9.17, 15) is 19.5 Å². The Labute approximate surface area is 127 Å². The number of nitrogens with zero attached hydrogens (tertiary/aromatic N) is 1. The highest BCUT2D eigenvalue weighted by Crippen LogP contribution is 2.16. The summed E-state index contributed by atoms with van der Waals surface area (Å²) >= 11 is 0. The fourth-order valence-electron chi connectivity index (χ4n) is 2.08. The van der Waals surface area contributed by atoms with E-state index in [0.717, 1.165) is 4.90 Å². The van der Waals surface area contributed by atoms with Crippen LogP contribution in [0.25, 0.3) is 0 Å². The molecule has 7 nitrogen and oxygen atoms in total. The SMILES string of the molecule is CC1(C)NC(=O)N(CC(O)COC(=O)c2ccccc2)C1=O. The van der Waals surface area contributed by atoms with Gasteiger partial charge < -0.3 is 15.2 Å². The second-order valence-corrected chi connectivity index (χ2v) is 5.59. The molecular formula is C15H18N2O5. The number of hydrogen-bond acceptors (Lipinski definition) is 5. The molecule has 1 heterocycles. The van der Waals surface area contributed by atoms with Crippen LogP contribution < -0.4 is 5.32 Å². The lowest BCUT2D eigenvalue weighted by Crippen LogP contribution is -2.42. The topological polar surface area (TPSA) is 95.9 Å². The number of esters is 1. The lowest BCUT2D eigenvalue weighted by molar-refractivity contribution is -0.131. The number of benzene rings is 1. The van der Waals surface area contributed by atoms with Crippen molar-refractivity contribution in [2.75, 3.05) is 13.2 Å². The van der Waals surface area contributed by atoms with E-state index in [0.29, 0.717) is 5.56 Å². The van der Waals surface area contributed by atoms with Gasteiger partial charge in [0.05, 0.1) is 12.1 Å². The first-order valence-corrected chi connectivity index (χ1v) is 6.85. The number of urea groups is 1. The van der Waals surface area contributed by atoms with Gasteiger partial charge in [-0.2, -0.15) is 0 Å². The number of β-amino-alcohol motifs (C(OH)–C–C–N with tert-alkyl or cyclic N) is 1. The smallest absolute Gasteiger partial charge is 0.338 e. The predicted octanol–water partition coefficient (Wildman–Crippen LogP) is 0.535. The number of hydrogen-bond donors (Lipinski definition) is 2. The van der Waals surface area contributed by atoms with E-state index in [4.69, 9.17) is 4.74 Å². The summed E-state index contributed by atoms with van der Waals surface area (Å²) in [6, 6.07) is 7.78. The molecule has 0 aliphatic carbocycles. The standard InChI is InChI=1S/C15H18N2O5/c1-15(2)13(20)17(14(21)16-15)8-11(18)9-22-12(19)10-6-4-3-5-7-10/h3-7,11,18H,8-9H2,1-2H3,(H,16,21). The van der Waals surface area contributed by atoms with Crippen molar-refractivity contribution in [1.82, 2.24) is 10.2 Å². The third-order valence-corrected chi connectivity index (χ3v) is 3.25. The summed E-state index contributed by atoms with van der Waals surface area (Å²) in [6.07, 6.45) is -1.14. The van der Waals surface area contributed by atoms with E-state index in [1.807, 2.05) is 0 Å². The Bertz CT molecular complexity index is 585. The van der Waals surface area contributed by atoms with Gasteiger partial charge in [0, 0.05) is 0 Å². The normalized spacial score (nSPS) is 18.0. The Morgan fingerprint density at radius 2 is 1.95 bits per heavy atom. The molecule has 1 atom stereocenters. The number of rotatable bonds is 5. The largest absolute Gasteiger partial charge is 0.459 e. The Balaban J connectivity index is 1.86. The molecule has 3 amide bonds. The molecule has 0 radical (unpaired) electrons. The van der Waals surface area contributed by atoms with Crippen LogP contribution in [0.3, 0.4) is 0 Å². The van der Waals surface area contributed by atoms with E-state index >= 15 is 0 Å². The van der Waals surface area contributed by atoms with Crippen LogP contribution in [0.4, 0.5) is 4.79 Å². The number of imide groups is 1. The predicted molar refractivity (Wildman–Crippen MR) is 77.1 cm³/mol. The molecule has 0 spiro atoms. The fourth-order valence-corrected chi connectivity index (χ4v) is 2.08. The Morgan fingerprint density at radius 3 is 2.50 bits per heavy atom. The third-order valence-electron chi connectivity index (χ3n) is 3.25. The molecule has 1 fully saturated rings. The van der Waals surface area contributed by atoms with Gasteiger partial charge in [0.1, 0.15) is 18.2 Å². The van der Waals surface area contributed by atoms with Crippen LogP contribution in [0.1, 0.15) is 24.2 Å². The maximum atomic E-state index is 12.0. The first-order chi connectivity index (χ1) is 10.3. The highest BCUT2D eigenvalue weighted by atomic mass is 16.5. The Hall–Kier alpha value is -2.41. The minimum Gasteiger partial charge on any atom is -0.459 e. The molecule has 0 saturated carbocycles. The number of ether oxygens (including phenoxy) is 1. The van der Waals surface area contributed by atoms with Crippen LogP contribution in [-0.4, -0.2) is 52.7 Å². The maximum absolute atomic E-state index is 12.0. The van der Waals surface area contributed by atoms with Crippen molar-refractivity contribution in [3.8, 4) is 0 Å². The lowest BCUT2D eigenvalue weighted by Gasteiger charge is -2.19. The van der Waals surface area contributed by atoms with Crippen molar-refractivity contribution in [2.24, 2.45) is 0 Å². The highest BCUT2D eigenvalue weighted by molar-refractivity contribution is 6.06. The van der Waals surface area contributed by atoms with E-state index in [1.165, 1.54) is 0 Å². The summed E-state index contributed by atoms with van der Waals surface area (Å²) in [5.41, 5.74) is -0.622. The number of aliphatic hydroxyl groups is 1. The summed E-state index contributed by atoms with van der Waals surface area (Å²) < 4.78 is 4.96. The molecule has 0 aromatic heterocycles. The summed E-state index contributed by atoms with van der Waals surface area (Å²) in [5, 5.41) is 12.4. The molecule has 118 valence electrons. The monoisotopic (exact) mass is 306 g/mol. The number of aliphatic hydroxyl groups excluding tert-OH is 1. The average Bonchev–Trinajstić information content (AvgIpc) is 2.67. The first-order valence-electron chi connectivity index (χ1n) is 6.85. The molecule has 1 saturated heterocycles. The van der Waals surface area contributed by atoms with Gasteiger partial charge in [-0.05, 0) is 26.0 Å². The van der Waals surface area contributed by atoms with Gasteiger partial charge in [-0.25, -0.2) is 9.59 Å². The molecule has 1 aromatic carbocycles. The van der Waals surface area contributed by atoms with E-state index in [1.54, 1.807) is 44.2 Å². The second kappa shape index (κ2) is 6.15. The van der Waals surface area contributed by atoms with Gasteiger partial charge in [0.2, 0.25) is 0 Å². The second-order valence-electron chi connectivity index (χ2n) is 5.59. The summed E-state index contributed by atoms with van der Waals surface area (Å²) in [4.78, 5) is 36.3.